The van der Waals surface area contributed by atoms with E-state index in [4.69, 9.17) is 4.42 Å². The molecule has 2 aliphatic heterocycles. The standard InChI is InChI=1S/C52H65BN2O/c1-31(2)34-16-20-37(21-17-34)55-44-30-52(15,51(12,13)14)29-43-46(44)53(48-47(55)40-27-35(49(6,7)8)19-25-45(40)56-48)41-24-18-36(50(9,10)11)28-42(41)54(43)38-22-23-39(32(3)4)33(5)26-38/h16-28,30-33,39H,29H2,1-15H3. The Kier molecular flexibility index (Phi) is 8.93. The van der Waals surface area contributed by atoms with Crippen LogP contribution >= 0.6 is 0 Å². The molecular formula is C52H65BN2O. The molecule has 3 unspecified atom stereocenters. The minimum absolute atomic E-state index is 0.000875. The zero-order valence-corrected chi connectivity index (χ0v) is 37.0. The lowest BCUT2D eigenvalue weighted by Gasteiger charge is -2.52. The Morgan fingerprint density at radius 3 is 2.04 bits per heavy atom. The van der Waals surface area contributed by atoms with E-state index in [9.17, 15) is 0 Å². The predicted molar refractivity (Wildman–Crippen MR) is 242 cm³/mol. The summed E-state index contributed by atoms with van der Waals surface area (Å²) in [6, 6.07) is 23.6. The first-order chi connectivity index (χ1) is 26.1. The number of anilines is 3. The highest BCUT2D eigenvalue weighted by Gasteiger charge is 2.53. The molecule has 8 rings (SSSR count). The number of allylic oxidation sites excluding steroid dienone is 6. The van der Waals surface area contributed by atoms with E-state index in [2.05, 4.69) is 199 Å². The predicted octanol–water partition coefficient (Wildman–Crippen LogP) is 13.2. The molecule has 0 saturated carbocycles. The number of furan rings is 1. The van der Waals surface area contributed by atoms with Crippen molar-refractivity contribution in [2.24, 2.45) is 28.6 Å². The molecule has 0 N–H and O–H groups in total. The molecule has 3 nitrogen and oxygen atoms in total. The highest BCUT2D eigenvalue weighted by Crippen LogP contribution is 2.57. The van der Waals surface area contributed by atoms with Crippen molar-refractivity contribution in [3.05, 3.63) is 124 Å². The third-order valence-corrected chi connectivity index (χ3v) is 14.0. The molecule has 3 heterocycles. The molecule has 0 saturated heterocycles. The average molecular weight is 745 g/mol. The van der Waals surface area contributed by atoms with Crippen LogP contribution in [0.15, 0.2) is 112 Å². The van der Waals surface area contributed by atoms with Gasteiger partial charge in [0.15, 0.2) is 0 Å². The van der Waals surface area contributed by atoms with Gasteiger partial charge in [0, 0.05) is 33.9 Å². The van der Waals surface area contributed by atoms with E-state index in [1.165, 1.54) is 67.2 Å². The summed E-state index contributed by atoms with van der Waals surface area (Å²) >= 11 is 0. The van der Waals surface area contributed by atoms with Crippen LogP contribution in [0.2, 0.25) is 0 Å². The van der Waals surface area contributed by atoms with Crippen LogP contribution in [0.3, 0.4) is 0 Å². The summed E-state index contributed by atoms with van der Waals surface area (Å²) in [5.41, 5.74) is 16.2. The van der Waals surface area contributed by atoms with Crippen molar-refractivity contribution in [1.82, 2.24) is 0 Å². The highest BCUT2D eigenvalue weighted by atomic mass is 16.3. The van der Waals surface area contributed by atoms with Gasteiger partial charge in [-0.2, -0.15) is 0 Å². The fourth-order valence-electron chi connectivity index (χ4n) is 9.71. The zero-order valence-electron chi connectivity index (χ0n) is 37.0. The van der Waals surface area contributed by atoms with Crippen LogP contribution < -0.4 is 20.9 Å². The zero-order chi connectivity index (χ0) is 40.4. The quantitative estimate of drug-likeness (QED) is 0.194. The maximum absolute atomic E-state index is 7.27. The third-order valence-electron chi connectivity index (χ3n) is 14.0. The molecule has 0 radical (unpaired) electrons. The fourth-order valence-corrected chi connectivity index (χ4v) is 9.71. The summed E-state index contributed by atoms with van der Waals surface area (Å²) in [5, 5.41) is 1.19. The number of fused-ring (bicyclic) bond motifs is 6. The normalized spacial score (nSPS) is 22.5. The Balaban J connectivity index is 1.51. The summed E-state index contributed by atoms with van der Waals surface area (Å²) in [6.45, 7) is 35.4. The van der Waals surface area contributed by atoms with Gasteiger partial charge in [0.05, 0.1) is 11.3 Å². The van der Waals surface area contributed by atoms with Crippen LogP contribution in [0.5, 0.6) is 0 Å². The first-order valence-corrected chi connectivity index (χ1v) is 21.4. The van der Waals surface area contributed by atoms with Crippen LogP contribution in [0.25, 0.3) is 11.0 Å². The maximum Gasteiger partial charge on any atom is 0.296 e. The Labute approximate surface area is 338 Å². The van der Waals surface area contributed by atoms with E-state index in [1.807, 2.05) is 0 Å². The molecule has 4 heteroatoms. The molecule has 1 aromatic heterocycles. The van der Waals surface area contributed by atoms with E-state index in [-0.39, 0.29) is 28.4 Å². The molecule has 56 heavy (non-hydrogen) atoms. The Morgan fingerprint density at radius 2 is 1.45 bits per heavy atom. The van der Waals surface area contributed by atoms with Crippen LogP contribution in [0.4, 0.5) is 17.1 Å². The smallest absolute Gasteiger partial charge is 0.296 e. The second-order valence-corrected chi connectivity index (χ2v) is 21.5. The van der Waals surface area contributed by atoms with Crippen molar-refractivity contribution in [2.75, 3.05) is 9.80 Å². The molecule has 0 bridgehead atoms. The van der Waals surface area contributed by atoms with E-state index < -0.39 is 0 Å². The summed E-state index contributed by atoms with van der Waals surface area (Å²) in [4.78, 5) is 5.27. The lowest BCUT2D eigenvalue weighted by Crippen LogP contribution is -2.58. The van der Waals surface area contributed by atoms with Crippen LogP contribution in [0, 0.1) is 28.6 Å². The van der Waals surface area contributed by atoms with Gasteiger partial charge in [-0.1, -0.05) is 152 Å². The second-order valence-electron chi connectivity index (χ2n) is 21.5. The highest BCUT2D eigenvalue weighted by molar-refractivity contribution is 6.94. The van der Waals surface area contributed by atoms with Gasteiger partial charge in [0.25, 0.3) is 6.71 Å². The number of rotatable bonds is 4. The van der Waals surface area contributed by atoms with Gasteiger partial charge in [-0.3, -0.25) is 0 Å². The van der Waals surface area contributed by atoms with Crippen molar-refractivity contribution in [1.29, 1.82) is 0 Å². The Bertz CT molecular complexity index is 2340. The van der Waals surface area contributed by atoms with E-state index in [0.717, 1.165) is 17.7 Å². The third kappa shape index (κ3) is 6.08. The van der Waals surface area contributed by atoms with Gasteiger partial charge in [-0.15, -0.1) is 0 Å². The maximum atomic E-state index is 7.27. The number of benzene rings is 3. The molecule has 4 aliphatic rings. The van der Waals surface area contributed by atoms with Crippen LogP contribution in [-0.2, 0) is 10.8 Å². The van der Waals surface area contributed by atoms with Gasteiger partial charge in [-0.25, -0.2) is 0 Å². The summed E-state index contributed by atoms with van der Waals surface area (Å²) in [6.07, 6.45) is 11.1. The topological polar surface area (TPSA) is 19.6 Å². The van der Waals surface area contributed by atoms with Gasteiger partial charge in [-0.05, 0) is 116 Å². The number of hydrogen-bond acceptors (Lipinski definition) is 3. The van der Waals surface area contributed by atoms with E-state index in [1.54, 1.807) is 0 Å². The van der Waals surface area contributed by atoms with Gasteiger partial charge in [0.2, 0.25) is 0 Å². The molecule has 0 amide bonds. The summed E-state index contributed by atoms with van der Waals surface area (Å²) in [5.74, 6) is 1.99. The second kappa shape index (κ2) is 12.9. The first-order valence-electron chi connectivity index (χ1n) is 21.4. The van der Waals surface area contributed by atoms with Crippen molar-refractivity contribution >= 4 is 45.9 Å². The van der Waals surface area contributed by atoms with Crippen molar-refractivity contribution in [2.45, 2.75) is 127 Å². The van der Waals surface area contributed by atoms with E-state index in [0.29, 0.717) is 23.7 Å². The first kappa shape index (κ1) is 38.7. The van der Waals surface area contributed by atoms with Gasteiger partial charge >= 0.3 is 0 Å². The Morgan fingerprint density at radius 1 is 0.804 bits per heavy atom. The monoisotopic (exact) mass is 745 g/mol. The molecule has 3 atom stereocenters. The van der Waals surface area contributed by atoms with E-state index >= 15 is 0 Å². The van der Waals surface area contributed by atoms with Crippen molar-refractivity contribution in [3.8, 4) is 0 Å². The molecular weight excluding hydrogens is 679 g/mol. The SMILES string of the molecule is CC(C)c1ccc(N2C3=CC(C)(C(C)(C)C)CC4=C3B(c3ccc(C(C)(C)C)cc3N4C3=CC(C)C(C(C)C)C=C3)c3oc4ccc(C(C)(C)C)cc4c32)cc1. The van der Waals surface area contributed by atoms with Crippen LogP contribution in [-0.4, -0.2) is 6.71 Å². The summed E-state index contributed by atoms with van der Waals surface area (Å²) < 4.78 is 7.27. The average Bonchev–Trinajstić information content (AvgIpc) is 3.48. The largest absolute Gasteiger partial charge is 0.468 e. The molecule has 0 fully saturated rings. The van der Waals surface area contributed by atoms with Crippen molar-refractivity contribution in [3.63, 3.8) is 0 Å². The lowest BCUT2D eigenvalue weighted by atomic mass is 9.33. The van der Waals surface area contributed by atoms with Gasteiger partial charge < -0.3 is 14.2 Å². The van der Waals surface area contributed by atoms with Crippen molar-refractivity contribution < 1.29 is 4.42 Å². The molecule has 4 aromatic rings. The molecule has 2 aliphatic carbocycles. The Hall–Kier alpha value is -4.18. The van der Waals surface area contributed by atoms with Gasteiger partial charge in [0.1, 0.15) is 5.58 Å². The summed E-state index contributed by atoms with van der Waals surface area (Å²) in [7, 11) is 0. The molecule has 292 valence electrons. The number of hydrogen-bond donors (Lipinski definition) is 0. The minimum Gasteiger partial charge on any atom is -0.468 e. The lowest BCUT2D eigenvalue weighted by molar-refractivity contribution is 0.163. The fraction of sp³-hybridized carbons (Fsp3) is 0.462. The molecule has 0 spiro atoms. The number of nitrogens with zero attached hydrogens (tertiary/aromatic N) is 2. The minimum atomic E-state index is -0.141. The molecule has 3 aromatic carbocycles. The van der Waals surface area contributed by atoms with Crippen LogP contribution in [0.1, 0.15) is 133 Å².